The van der Waals surface area contributed by atoms with Crippen LogP contribution in [0, 0.1) is 9.81 Å². The van der Waals surface area contributed by atoms with Gasteiger partial charge in [-0.1, -0.05) is 0 Å². The fourth-order valence-electron chi connectivity index (χ4n) is 0.405. The van der Waals surface area contributed by atoms with E-state index >= 15 is 0 Å². The number of nitrogens with two attached hydrogens (primary N) is 1. The summed E-state index contributed by atoms with van der Waals surface area (Å²) >= 11 is 0. The number of rotatable bonds is 2. The standard InChI is InChI=1S/C2H2N6O2/c3-8-2(7-10)4-1(5-8)6-9/h3H2. The number of aromatic nitrogens is 3. The zero-order chi connectivity index (χ0) is 7.56. The number of hydrogen-bond acceptors (Lipinski definition) is 7. The van der Waals surface area contributed by atoms with Crippen LogP contribution in [0.25, 0.3) is 0 Å². The van der Waals surface area contributed by atoms with Gasteiger partial charge in [0.15, 0.2) is 0 Å². The molecule has 0 saturated heterocycles. The zero-order valence-corrected chi connectivity index (χ0v) is 4.63. The van der Waals surface area contributed by atoms with Gasteiger partial charge < -0.3 is 5.84 Å². The van der Waals surface area contributed by atoms with Gasteiger partial charge in [0.1, 0.15) is 0 Å². The van der Waals surface area contributed by atoms with Crippen molar-refractivity contribution in [3.63, 3.8) is 0 Å². The average Bonchev–Trinajstić information content (AvgIpc) is 2.30. The molecule has 8 heteroatoms. The molecule has 0 spiro atoms. The first-order valence-corrected chi connectivity index (χ1v) is 2.16. The molecule has 1 rings (SSSR count). The third-order valence-corrected chi connectivity index (χ3v) is 0.765. The lowest BCUT2D eigenvalue weighted by Crippen LogP contribution is -2.08. The Kier molecular flexibility index (Phi) is 1.36. The summed E-state index contributed by atoms with van der Waals surface area (Å²) in [6.45, 7) is 0. The molecule has 0 bridgehead atoms. The molecule has 0 radical (unpaired) electrons. The first-order valence-electron chi connectivity index (χ1n) is 2.16. The second-order valence-corrected chi connectivity index (χ2v) is 1.34. The summed E-state index contributed by atoms with van der Waals surface area (Å²) in [4.78, 5) is 23.2. The van der Waals surface area contributed by atoms with E-state index in [1.54, 1.807) is 0 Å². The minimum atomic E-state index is -0.405. The first kappa shape index (κ1) is 6.26. The lowest BCUT2D eigenvalue weighted by atomic mass is 11.0. The second kappa shape index (κ2) is 2.17. The molecule has 52 valence electrons. The Morgan fingerprint density at radius 3 is 2.40 bits per heavy atom. The molecule has 1 aromatic heterocycles. The molecule has 1 heterocycles. The van der Waals surface area contributed by atoms with E-state index in [1.807, 2.05) is 0 Å². The normalized spacial score (nSPS) is 9.20. The molecule has 2 N–H and O–H groups in total. The van der Waals surface area contributed by atoms with Crippen molar-refractivity contribution in [3.8, 4) is 0 Å². The van der Waals surface area contributed by atoms with Gasteiger partial charge in [-0.15, -0.1) is 19.7 Å². The van der Waals surface area contributed by atoms with Crippen molar-refractivity contribution in [2.45, 2.75) is 0 Å². The Hall–Kier alpha value is -1.86. The Bertz CT molecular complexity index is 265. The summed E-state index contributed by atoms with van der Waals surface area (Å²) in [6.07, 6.45) is 0. The van der Waals surface area contributed by atoms with E-state index in [0.29, 0.717) is 4.79 Å². The van der Waals surface area contributed by atoms with E-state index in [2.05, 4.69) is 20.4 Å². The van der Waals surface area contributed by atoms with Gasteiger partial charge in [-0.3, -0.25) is 0 Å². The van der Waals surface area contributed by atoms with Crippen LogP contribution >= 0.6 is 0 Å². The number of nitrogens with zero attached hydrogens (tertiary/aromatic N) is 5. The highest BCUT2D eigenvalue weighted by Crippen LogP contribution is 2.09. The molecule has 0 aliphatic carbocycles. The topological polar surface area (TPSA) is 116 Å². The third-order valence-electron chi connectivity index (χ3n) is 0.765. The van der Waals surface area contributed by atoms with Gasteiger partial charge >= 0.3 is 11.9 Å². The molecule has 1 aromatic rings. The third kappa shape index (κ3) is 0.811. The highest BCUT2D eigenvalue weighted by Gasteiger charge is 2.06. The first-order chi connectivity index (χ1) is 4.77. The average molecular weight is 142 g/mol. The maximum absolute atomic E-state index is 9.76. The summed E-state index contributed by atoms with van der Waals surface area (Å²) in [7, 11) is 0. The van der Waals surface area contributed by atoms with Gasteiger partial charge in [0.2, 0.25) is 0 Å². The molecule has 0 saturated carbocycles. The fourth-order valence-corrected chi connectivity index (χ4v) is 0.405. The molecule has 8 nitrogen and oxygen atoms in total. The Morgan fingerprint density at radius 1 is 1.40 bits per heavy atom. The SMILES string of the molecule is Nn1nc(N=O)nc1N=O. The number of hydrogen-bond donors (Lipinski definition) is 1. The van der Waals surface area contributed by atoms with Crippen LogP contribution in [0.3, 0.4) is 0 Å². The van der Waals surface area contributed by atoms with E-state index in [-0.39, 0.29) is 5.95 Å². The maximum Gasteiger partial charge on any atom is 0.313 e. The van der Waals surface area contributed by atoms with Crippen molar-refractivity contribution in [2.24, 2.45) is 10.4 Å². The number of nitroso groups, excluding NO2 is 2. The molecule has 10 heavy (non-hydrogen) atoms. The van der Waals surface area contributed by atoms with Crippen LogP contribution in [-0.4, -0.2) is 14.9 Å². The largest absolute Gasteiger partial charge is 0.319 e. The molecule has 0 unspecified atom stereocenters. The predicted molar refractivity (Wildman–Crippen MR) is 31.1 cm³/mol. The minimum absolute atomic E-state index is 0.380. The van der Waals surface area contributed by atoms with Crippen molar-refractivity contribution in [2.75, 3.05) is 5.84 Å². The highest BCUT2D eigenvalue weighted by atomic mass is 16.3. The minimum Gasteiger partial charge on any atom is -0.319 e. The number of nitrogen functional groups attached to an aromatic ring is 1. The van der Waals surface area contributed by atoms with Crippen molar-refractivity contribution in [1.82, 2.24) is 14.9 Å². The van der Waals surface area contributed by atoms with Crippen molar-refractivity contribution in [1.29, 1.82) is 0 Å². The van der Waals surface area contributed by atoms with E-state index in [0.717, 1.165) is 0 Å². The van der Waals surface area contributed by atoms with Crippen LogP contribution in [-0.2, 0) is 0 Å². The Balaban J connectivity index is 3.15. The molecular formula is C2H2N6O2. The van der Waals surface area contributed by atoms with Crippen LogP contribution in [0.15, 0.2) is 10.4 Å². The molecule has 0 atom stereocenters. The molecule has 0 aliphatic rings. The smallest absolute Gasteiger partial charge is 0.313 e. The summed E-state index contributed by atoms with van der Waals surface area (Å²) < 4.78 is 0. The Labute approximate surface area is 54.0 Å². The van der Waals surface area contributed by atoms with E-state index in [9.17, 15) is 9.81 Å². The van der Waals surface area contributed by atoms with Crippen molar-refractivity contribution < 1.29 is 0 Å². The van der Waals surface area contributed by atoms with Crippen molar-refractivity contribution >= 4 is 11.9 Å². The van der Waals surface area contributed by atoms with Gasteiger partial charge in [0, 0.05) is 10.4 Å². The zero-order valence-electron chi connectivity index (χ0n) is 4.63. The fraction of sp³-hybridized carbons (Fsp3) is 0. The van der Waals surface area contributed by atoms with Crippen LogP contribution in [0.1, 0.15) is 0 Å². The summed E-state index contributed by atoms with van der Waals surface area (Å²) in [5.41, 5.74) is 0. The van der Waals surface area contributed by atoms with Crippen LogP contribution < -0.4 is 5.84 Å². The van der Waals surface area contributed by atoms with E-state index < -0.39 is 5.95 Å². The second-order valence-electron chi connectivity index (χ2n) is 1.34. The van der Waals surface area contributed by atoms with E-state index in [4.69, 9.17) is 5.84 Å². The lowest BCUT2D eigenvalue weighted by molar-refractivity contribution is 0.830. The summed E-state index contributed by atoms with van der Waals surface area (Å²) in [6, 6.07) is 0. The quantitative estimate of drug-likeness (QED) is 0.452. The molecule has 0 amide bonds. The lowest BCUT2D eigenvalue weighted by Gasteiger charge is -1.82. The summed E-state index contributed by atoms with van der Waals surface area (Å²) in [5.74, 6) is 4.19. The van der Waals surface area contributed by atoms with Gasteiger partial charge in [-0.25, -0.2) is 0 Å². The highest BCUT2D eigenvalue weighted by molar-refractivity contribution is 5.24. The van der Waals surface area contributed by atoms with Crippen LogP contribution in [0.2, 0.25) is 0 Å². The molecular weight excluding hydrogens is 140 g/mol. The van der Waals surface area contributed by atoms with Gasteiger partial charge in [0.05, 0.1) is 0 Å². The van der Waals surface area contributed by atoms with Gasteiger partial charge in [0.25, 0.3) is 0 Å². The Morgan fingerprint density at radius 2 is 2.10 bits per heavy atom. The monoisotopic (exact) mass is 142 g/mol. The maximum atomic E-state index is 9.76. The predicted octanol–water partition coefficient (Wildman–Crippen LogP) is -0.212. The van der Waals surface area contributed by atoms with Crippen LogP contribution in [0.4, 0.5) is 11.9 Å². The van der Waals surface area contributed by atoms with E-state index in [1.165, 1.54) is 0 Å². The van der Waals surface area contributed by atoms with Gasteiger partial charge in [-0.05, 0) is 0 Å². The van der Waals surface area contributed by atoms with Crippen molar-refractivity contribution in [3.05, 3.63) is 9.81 Å². The summed E-state index contributed by atoms with van der Waals surface area (Å²) in [5, 5.41) is 7.89. The van der Waals surface area contributed by atoms with Gasteiger partial charge in [-0.2, -0.15) is 4.98 Å². The molecule has 0 aromatic carbocycles. The van der Waals surface area contributed by atoms with Crippen LogP contribution in [0.5, 0.6) is 0 Å². The molecule has 0 fully saturated rings. The molecule has 0 aliphatic heterocycles.